The van der Waals surface area contributed by atoms with Crippen molar-refractivity contribution in [2.45, 2.75) is 33.1 Å². The van der Waals surface area contributed by atoms with E-state index < -0.39 is 0 Å². The average Bonchev–Trinajstić information content (AvgIpc) is 2.41. The molecular formula is C15H26ClN3O2. The van der Waals surface area contributed by atoms with Crippen LogP contribution in [0.15, 0.2) is 0 Å². The Bertz CT molecular complexity index is 453. The fourth-order valence-corrected chi connectivity index (χ4v) is 2.01. The molecule has 0 bridgehead atoms. The number of ether oxygens (including phenoxy) is 2. The van der Waals surface area contributed by atoms with Gasteiger partial charge in [0.1, 0.15) is 16.8 Å². The maximum Gasteiger partial charge on any atom is 0.137 e. The zero-order chi connectivity index (χ0) is 16.0. The van der Waals surface area contributed by atoms with Gasteiger partial charge in [-0.1, -0.05) is 32.4 Å². The lowest BCUT2D eigenvalue weighted by Crippen LogP contribution is -2.33. The minimum absolute atomic E-state index is 0.153. The van der Waals surface area contributed by atoms with E-state index in [-0.39, 0.29) is 5.41 Å². The standard InChI is InChI=1S/C15H26ClN3O2/c1-11-12(16)17-14(15(2,3)4)18-13(11)19(7-9-20-5)8-10-21-6/h7-10H2,1-6H3. The van der Waals surface area contributed by atoms with Crippen LogP contribution in [0.2, 0.25) is 5.15 Å². The molecule has 0 fully saturated rings. The average molecular weight is 316 g/mol. The molecule has 1 heterocycles. The molecule has 5 nitrogen and oxygen atoms in total. The Morgan fingerprint density at radius 1 is 1.05 bits per heavy atom. The summed E-state index contributed by atoms with van der Waals surface area (Å²) in [7, 11) is 3.38. The third-order valence-electron chi connectivity index (χ3n) is 3.16. The summed E-state index contributed by atoms with van der Waals surface area (Å²) >= 11 is 6.30. The first-order valence-electron chi connectivity index (χ1n) is 7.08. The molecule has 0 saturated carbocycles. The second-order valence-corrected chi connectivity index (χ2v) is 6.37. The van der Waals surface area contributed by atoms with Crippen LogP contribution in [0.25, 0.3) is 0 Å². The van der Waals surface area contributed by atoms with Crippen molar-refractivity contribution in [3.63, 3.8) is 0 Å². The van der Waals surface area contributed by atoms with E-state index in [1.165, 1.54) is 0 Å². The van der Waals surface area contributed by atoms with E-state index in [0.29, 0.717) is 18.4 Å². The molecule has 0 amide bonds. The molecule has 0 unspecified atom stereocenters. The molecule has 21 heavy (non-hydrogen) atoms. The van der Waals surface area contributed by atoms with Gasteiger partial charge in [0, 0.05) is 38.3 Å². The number of rotatable bonds is 7. The van der Waals surface area contributed by atoms with E-state index >= 15 is 0 Å². The topological polar surface area (TPSA) is 47.5 Å². The molecular weight excluding hydrogens is 290 g/mol. The third kappa shape index (κ3) is 5.09. The van der Waals surface area contributed by atoms with Crippen molar-refractivity contribution in [3.8, 4) is 0 Å². The lowest BCUT2D eigenvalue weighted by atomic mass is 9.95. The number of aromatic nitrogens is 2. The van der Waals surface area contributed by atoms with E-state index in [0.717, 1.165) is 30.3 Å². The minimum Gasteiger partial charge on any atom is -0.383 e. The van der Waals surface area contributed by atoms with E-state index in [1.54, 1.807) is 14.2 Å². The van der Waals surface area contributed by atoms with Gasteiger partial charge >= 0.3 is 0 Å². The Morgan fingerprint density at radius 2 is 1.57 bits per heavy atom. The Hall–Kier alpha value is -0.910. The molecule has 1 rings (SSSR count). The first-order valence-corrected chi connectivity index (χ1v) is 7.46. The van der Waals surface area contributed by atoms with Gasteiger partial charge in [-0.25, -0.2) is 9.97 Å². The number of hydrogen-bond acceptors (Lipinski definition) is 5. The molecule has 6 heteroatoms. The maximum atomic E-state index is 6.30. The molecule has 0 aliphatic rings. The third-order valence-corrected chi connectivity index (χ3v) is 3.53. The Labute approximate surface area is 132 Å². The molecule has 0 aromatic carbocycles. The van der Waals surface area contributed by atoms with Crippen LogP contribution in [0, 0.1) is 6.92 Å². The molecule has 0 spiro atoms. The van der Waals surface area contributed by atoms with Gasteiger partial charge in [0.15, 0.2) is 0 Å². The Morgan fingerprint density at radius 3 is 2.00 bits per heavy atom. The summed E-state index contributed by atoms with van der Waals surface area (Å²) in [6, 6.07) is 0. The predicted octanol–water partition coefficient (Wildman–Crippen LogP) is 2.84. The summed E-state index contributed by atoms with van der Waals surface area (Å²) in [5, 5.41) is 0.504. The highest BCUT2D eigenvalue weighted by molar-refractivity contribution is 6.30. The van der Waals surface area contributed by atoms with E-state index in [2.05, 4.69) is 30.7 Å². The van der Waals surface area contributed by atoms with Crippen molar-refractivity contribution in [1.29, 1.82) is 0 Å². The highest BCUT2D eigenvalue weighted by Gasteiger charge is 2.22. The maximum absolute atomic E-state index is 6.30. The van der Waals surface area contributed by atoms with Gasteiger partial charge < -0.3 is 14.4 Å². The van der Waals surface area contributed by atoms with Crippen LogP contribution in [0.4, 0.5) is 5.82 Å². The molecule has 0 atom stereocenters. The summed E-state index contributed by atoms with van der Waals surface area (Å²) in [6.45, 7) is 10.9. The Kier molecular flexibility index (Phi) is 6.84. The molecule has 1 aromatic heterocycles. The van der Waals surface area contributed by atoms with Gasteiger partial charge in [0.05, 0.1) is 13.2 Å². The number of anilines is 1. The normalized spacial score (nSPS) is 11.8. The van der Waals surface area contributed by atoms with Crippen molar-refractivity contribution in [1.82, 2.24) is 9.97 Å². The molecule has 0 aliphatic carbocycles. The lowest BCUT2D eigenvalue weighted by molar-refractivity contribution is 0.190. The van der Waals surface area contributed by atoms with Gasteiger partial charge in [-0.2, -0.15) is 0 Å². The second-order valence-electron chi connectivity index (χ2n) is 6.01. The van der Waals surface area contributed by atoms with Gasteiger partial charge in [-0.15, -0.1) is 0 Å². The van der Waals surface area contributed by atoms with E-state index in [1.807, 2.05) is 6.92 Å². The van der Waals surface area contributed by atoms with Gasteiger partial charge in [-0.05, 0) is 6.92 Å². The summed E-state index contributed by atoms with van der Waals surface area (Å²) < 4.78 is 10.4. The second kappa shape index (κ2) is 7.92. The van der Waals surface area contributed by atoms with Crippen LogP contribution in [0.5, 0.6) is 0 Å². The number of hydrogen-bond donors (Lipinski definition) is 0. The molecule has 0 radical (unpaired) electrons. The van der Waals surface area contributed by atoms with Gasteiger partial charge in [0.25, 0.3) is 0 Å². The highest BCUT2D eigenvalue weighted by Crippen LogP contribution is 2.28. The summed E-state index contributed by atoms with van der Waals surface area (Å²) in [5.41, 5.74) is 0.733. The van der Waals surface area contributed by atoms with E-state index in [4.69, 9.17) is 26.1 Å². The van der Waals surface area contributed by atoms with Crippen molar-refractivity contribution in [3.05, 3.63) is 16.5 Å². The summed E-state index contributed by atoms with van der Waals surface area (Å²) in [4.78, 5) is 11.3. The molecule has 0 saturated heterocycles. The molecule has 1 aromatic rings. The van der Waals surface area contributed by atoms with Crippen molar-refractivity contribution in [2.24, 2.45) is 0 Å². The zero-order valence-electron chi connectivity index (χ0n) is 13.9. The van der Waals surface area contributed by atoms with Crippen LogP contribution >= 0.6 is 11.6 Å². The zero-order valence-corrected chi connectivity index (χ0v) is 14.6. The smallest absolute Gasteiger partial charge is 0.137 e. The first-order chi connectivity index (χ1) is 9.81. The number of methoxy groups -OCH3 is 2. The fraction of sp³-hybridized carbons (Fsp3) is 0.733. The first kappa shape index (κ1) is 18.1. The van der Waals surface area contributed by atoms with E-state index in [9.17, 15) is 0 Å². The number of nitrogens with zero attached hydrogens (tertiary/aromatic N) is 3. The monoisotopic (exact) mass is 315 g/mol. The Balaban J connectivity index is 3.18. The van der Waals surface area contributed by atoms with Crippen LogP contribution in [-0.2, 0) is 14.9 Å². The van der Waals surface area contributed by atoms with Gasteiger partial charge in [0.2, 0.25) is 0 Å². The van der Waals surface area contributed by atoms with Crippen molar-refractivity contribution in [2.75, 3.05) is 45.4 Å². The summed E-state index contributed by atoms with van der Waals surface area (Å²) in [5.74, 6) is 1.60. The SMILES string of the molecule is COCCN(CCOC)c1nc(C(C)(C)C)nc(Cl)c1C. The van der Waals surface area contributed by atoms with Crippen LogP contribution in [-0.4, -0.2) is 50.5 Å². The van der Waals surface area contributed by atoms with Gasteiger partial charge in [-0.3, -0.25) is 0 Å². The fourth-order valence-electron chi connectivity index (χ4n) is 1.85. The molecule has 0 aliphatic heterocycles. The molecule has 0 N–H and O–H groups in total. The van der Waals surface area contributed by atoms with Crippen molar-refractivity contribution >= 4 is 17.4 Å². The quantitative estimate of drug-likeness (QED) is 0.724. The van der Waals surface area contributed by atoms with Crippen molar-refractivity contribution < 1.29 is 9.47 Å². The summed E-state index contributed by atoms with van der Waals surface area (Å²) in [6.07, 6.45) is 0. The highest BCUT2D eigenvalue weighted by atomic mass is 35.5. The predicted molar refractivity (Wildman–Crippen MR) is 86.4 cm³/mol. The molecule has 120 valence electrons. The van der Waals surface area contributed by atoms with Crippen LogP contribution < -0.4 is 4.90 Å². The minimum atomic E-state index is -0.153. The number of halogens is 1. The van der Waals surface area contributed by atoms with Crippen LogP contribution in [0.1, 0.15) is 32.2 Å². The largest absolute Gasteiger partial charge is 0.383 e. The van der Waals surface area contributed by atoms with Crippen LogP contribution in [0.3, 0.4) is 0 Å². The lowest BCUT2D eigenvalue weighted by Gasteiger charge is -2.27.